The van der Waals surface area contributed by atoms with Gasteiger partial charge in [-0.2, -0.15) is 0 Å². The van der Waals surface area contributed by atoms with Gasteiger partial charge < -0.3 is 4.74 Å². The SMILES string of the molecule is COC(=O)[C@@H]1[C@@H](c2ccc(-c3ccccc3)cc2)CC2CC[C@H]1N2C. The van der Waals surface area contributed by atoms with E-state index in [0.29, 0.717) is 12.1 Å². The second-order valence-corrected chi connectivity index (χ2v) is 7.34. The van der Waals surface area contributed by atoms with Crippen LogP contribution in [0, 0.1) is 5.92 Å². The predicted molar refractivity (Wildman–Crippen MR) is 99.3 cm³/mol. The molecule has 2 heterocycles. The third kappa shape index (κ3) is 2.87. The van der Waals surface area contributed by atoms with Crippen LogP contribution in [-0.4, -0.2) is 37.1 Å². The minimum absolute atomic E-state index is 0.0590. The zero-order valence-electron chi connectivity index (χ0n) is 14.9. The normalized spacial score (nSPS) is 28.7. The Morgan fingerprint density at radius 2 is 1.68 bits per heavy atom. The van der Waals surface area contributed by atoms with Crippen LogP contribution in [0.1, 0.15) is 30.7 Å². The number of piperidine rings is 1. The molecule has 2 fully saturated rings. The minimum Gasteiger partial charge on any atom is -0.469 e. The number of hydrogen-bond donors (Lipinski definition) is 0. The molecular weight excluding hydrogens is 310 g/mol. The number of esters is 1. The van der Waals surface area contributed by atoms with Gasteiger partial charge in [0, 0.05) is 18.0 Å². The number of nitrogens with zero attached hydrogens (tertiary/aromatic N) is 1. The van der Waals surface area contributed by atoms with Crippen molar-refractivity contribution in [3.05, 3.63) is 60.2 Å². The molecule has 2 aliphatic rings. The first-order valence-electron chi connectivity index (χ1n) is 9.14. The van der Waals surface area contributed by atoms with Gasteiger partial charge in [0.05, 0.1) is 13.0 Å². The highest BCUT2D eigenvalue weighted by atomic mass is 16.5. The van der Waals surface area contributed by atoms with E-state index >= 15 is 0 Å². The van der Waals surface area contributed by atoms with Crippen LogP contribution in [0.4, 0.5) is 0 Å². The predicted octanol–water partition coefficient (Wildman–Crippen LogP) is 4.09. The maximum atomic E-state index is 12.5. The van der Waals surface area contributed by atoms with Crippen LogP contribution in [-0.2, 0) is 9.53 Å². The van der Waals surface area contributed by atoms with Crippen LogP contribution < -0.4 is 0 Å². The molecule has 0 radical (unpaired) electrons. The summed E-state index contributed by atoms with van der Waals surface area (Å²) < 4.78 is 5.17. The highest BCUT2D eigenvalue weighted by Crippen LogP contribution is 2.46. The van der Waals surface area contributed by atoms with Crippen LogP contribution in [0.25, 0.3) is 11.1 Å². The highest BCUT2D eigenvalue weighted by Gasteiger charge is 2.49. The van der Waals surface area contributed by atoms with E-state index in [-0.39, 0.29) is 17.8 Å². The van der Waals surface area contributed by atoms with Crippen molar-refractivity contribution in [3.63, 3.8) is 0 Å². The zero-order chi connectivity index (χ0) is 17.4. The van der Waals surface area contributed by atoms with Crippen molar-refractivity contribution in [1.82, 2.24) is 4.90 Å². The monoisotopic (exact) mass is 335 g/mol. The van der Waals surface area contributed by atoms with Gasteiger partial charge in [0.15, 0.2) is 0 Å². The fourth-order valence-corrected chi connectivity index (χ4v) is 4.82. The second-order valence-electron chi connectivity index (χ2n) is 7.34. The van der Waals surface area contributed by atoms with Gasteiger partial charge in [0.25, 0.3) is 0 Å². The van der Waals surface area contributed by atoms with E-state index in [1.165, 1.54) is 30.2 Å². The van der Waals surface area contributed by atoms with E-state index in [2.05, 4.69) is 60.5 Å². The minimum atomic E-state index is -0.0608. The molecule has 4 rings (SSSR count). The summed E-state index contributed by atoms with van der Waals surface area (Å²) in [6.07, 6.45) is 3.32. The molecular formula is C22H25NO2. The number of fused-ring (bicyclic) bond motifs is 2. The molecule has 2 aliphatic heterocycles. The Morgan fingerprint density at radius 3 is 2.36 bits per heavy atom. The summed E-state index contributed by atoms with van der Waals surface area (Å²) in [4.78, 5) is 14.9. The number of ether oxygens (including phenoxy) is 1. The number of carbonyl (C=O) groups excluding carboxylic acids is 1. The molecule has 0 amide bonds. The van der Waals surface area contributed by atoms with E-state index in [1.54, 1.807) is 0 Å². The van der Waals surface area contributed by atoms with Gasteiger partial charge >= 0.3 is 5.97 Å². The van der Waals surface area contributed by atoms with Crippen molar-refractivity contribution < 1.29 is 9.53 Å². The third-order valence-corrected chi connectivity index (χ3v) is 6.19. The van der Waals surface area contributed by atoms with E-state index in [9.17, 15) is 4.79 Å². The van der Waals surface area contributed by atoms with Gasteiger partial charge in [0.2, 0.25) is 0 Å². The van der Waals surface area contributed by atoms with Crippen molar-refractivity contribution in [3.8, 4) is 11.1 Å². The standard InChI is InChI=1S/C22H25NO2/c1-23-18-12-13-20(23)21(22(24)25-2)19(14-18)17-10-8-16(9-11-17)15-6-4-3-5-7-15/h3-11,18-21H,12-14H2,1-2H3/t18?,19-,20-,21-/m1/s1. The average Bonchev–Trinajstić information content (AvgIpc) is 2.90. The third-order valence-electron chi connectivity index (χ3n) is 6.19. The Kier molecular flexibility index (Phi) is 4.34. The van der Waals surface area contributed by atoms with E-state index in [4.69, 9.17) is 4.74 Å². The van der Waals surface area contributed by atoms with E-state index in [1.807, 2.05) is 6.07 Å². The van der Waals surface area contributed by atoms with Crippen molar-refractivity contribution in [1.29, 1.82) is 0 Å². The van der Waals surface area contributed by atoms with Gasteiger partial charge in [-0.25, -0.2) is 0 Å². The molecule has 1 unspecified atom stereocenters. The lowest BCUT2D eigenvalue weighted by atomic mass is 9.76. The summed E-state index contributed by atoms with van der Waals surface area (Å²) in [5.41, 5.74) is 3.71. The lowest BCUT2D eigenvalue weighted by Gasteiger charge is -2.41. The van der Waals surface area contributed by atoms with E-state index < -0.39 is 0 Å². The van der Waals surface area contributed by atoms with Crippen LogP contribution >= 0.6 is 0 Å². The van der Waals surface area contributed by atoms with Gasteiger partial charge in [-0.1, -0.05) is 54.6 Å². The first-order valence-corrected chi connectivity index (χ1v) is 9.14. The fraction of sp³-hybridized carbons (Fsp3) is 0.409. The summed E-state index contributed by atoms with van der Waals surface area (Å²) >= 11 is 0. The van der Waals surface area contributed by atoms with E-state index in [0.717, 1.165) is 12.8 Å². The molecule has 0 aromatic heterocycles. The van der Waals surface area contributed by atoms with Crippen molar-refractivity contribution in [2.75, 3.05) is 14.2 Å². The molecule has 4 atom stereocenters. The van der Waals surface area contributed by atoms with Gasteiger partial charge in [-0.05, 0) is 43.0 Å². The lowest BCUT2D eigenvalue weighted by Crippen LogP contribution is -2.49. The molecule has 2 aromatic rings. The van der Waals surface area contributed by atoms with Crippen LogP contribution in [0.5, 0.6) is 0 Å². The maximum Gasteiger partial charge on any atom is 0.310 e. The zero-order valence-corrected chi connectivity index (χ0v) is 14.9. The fourth-order valence-electron chi connectivity index (χ4n) is 4.82. The van der Waals surface area contributed by atoms with Crippen LogP contribution in [0.2, 0.25) is 0 Å². The number of rotatable bonds is 3. The molecule has 3 nitrogen and oxygen atoms in total. The smallest absolute Gasteiger partial charge is 0.310 e. The Balaban J connectivity index is 1.64. The largest absolute Gasteiger partial charge is 0.469 e. The molecule has 2 saturated heterocycles. The Labute approximate surface area is 149 Å². The summed E-state index contributed by atoms with van der Waals surface area (Å²) in [5, 5.41) is 0. The highest BCUT2D eigenvalue weighted by molar-refractivity contribution is 5.75. The summed E-state index contributed by atoms with van der Waals surface area (Å²) in [6.45, 7) is 0. The number of methoxy groups -OCH3 is 1. The Morgan fingerprint density at radius 1 is 1.00 bits per heavy atom. The van der Waals surface area contributed by atoms with Gasteiger partial charge in [-0.3, -0.25) is 9.69 Å². The quantitative estimate of drug-likeness (QED) is 0.791. The van der Waals surface area contributed by atoms with Crippen molar-refractivity contribution in [2.45, 2.75) is 37.3 Å². The molecule has 0 spiro atoms. The summed E-state index contributed by atoms with van der Waals surface area (Å²) in [5.74, 6) is 0.136. The Hall–Kier alpha value is -2.13. The molecule has 2 aromatic carbocycles. The first kappa shape index (κ1) is 16.3. The van der Waals surface area contributed by atoms with Crippen LogP contribution in [0.3, 0.4) is 0 Å². The lowest BCUT2D eigenvalue weighted by molar-refractivity contribution is -0.150. The summed E-state index contributed by atoms with van der Waals surface area (Å²) in [6, 6.07) is 20.1. The molecule has 130 valence electrons. The van der Waals surface area contributed by atoms with Gasteiger partial charge in [-0.15, -0.1) is 0 Å². The molecule has 2 bridgehead atoms. The second kappa shape index (κ2) is 6.64. The average molecular weight is 335 g/mol. The molecule has 3 heteroatoms. The maximum absolute atomic E-state index is 12.5. The van der Waals surface area contributed by atoms with Crippen molar-refractivity contribution in [2.24, 2.45) is 5.92 Å². The first-order chi connectivity index (χ1) is 12.2. The Bertz CT molecular complexity index is 740. The number of carbonyl (C=O) groups is 1. The molecule has 25 heavy (non-hydrogen) atoms. The molecule has 0 aliphatic carbocycles. The molecule has 0 saturated carbocycles. The summed E-state index contributed by atoms with van der Waals surface area (Å²) in [7, 11) is 3.67. The molecule has 0 N–H and O–H groups in total. The van der Waals surface area contributed by atoms with Crippen LogP contribution in [0.15, 0.2) is 54.6 Å². The van der Waals surface area contributed by atoms with Gasteiger partial charge in [0.1, 0.15) is 0 Å². The number of hydrogen-bond acceptors (Lipinski definition) is 3. The van der Waals surface area contributed by atoms with Crippen molar-refractivity contribution >= 4 is 5.97 Å². The topological polar surface area (TPSA) is 29.5 Å². The number of benzene rings is 2.